The molecule has 0 spiro atoms. The van der Waals surface area contributed by atoms with E-state index in [9.17, 15) is 0 Å². The van der Waals surface area contributed by atoms with Gasteiger partial charge in [-0.15, -0.1) is 0 Å². The van der Waals surface area contributed by atoms with Crippen LogP contribution in [0.2, 0.25) is 0 Å². The number of hydrogen-bond acceptors (Lipinski definition) is 1. The minimum absolute atomic E-state index is 0.508. The van der Waals surface area contributed by atoms with Crippen LogP contribution in [0.15, 0.2) is 67.0 Å². The van der Waals surface area contributed by atoms with Crippen LogP contribution in [-0.4, -0.2) is 5.75 Å². The number of rotatable bonds is 6. The molecule has 1 atom stereocenters. The molecule has 3 aromatic rings. The second-order valence-corrected chi connectivity index (χ2v) is 7.31. The zero-order valence-electron chi connectivity index (χ0n) is 13.9. The van der Waals surface area contributed by atoms with Gasteiger partial charge in [0.1, 0.15) is 7.05 Å². The molecule has 0 aliphatic rings. The van der Waals surface area contributed by atoms with Crippen LogP contribution in [-0.2, 0) is 13.5 Å². The van der Waals surface area contributed by atoms with Crippen LogP contribution in [0, 0.1) is 0 Å². The van der Waals surface area contributed by atoms with Crippen LogP contribution in [0.25, 0.3) is 10.8 Å². The summed E-state index contributed by atoms with van der Waals surface area (Å²) in [5.41, 5.74) is 2.87. The molecule has 0 radical (unpaired) electrons. The van der Waals surface area contributed by atoms with Gasteiger partial charge in [-0.05, 0) is 40.5 Å². The van der Waals surface area contributed by atoms with E-state index in [0.717, 1.165) is 6.42 Å². The highest BCUT2D eigenvalue weighted by Gasteiger charge is 2.16. The average molecular weight is 322 g/mol. The number of aryl methyl sites for hydroxylation is 1. The molecule has 0 bridgehead atoms. The third-order valence-corrected chi connectivity index (χ3v) is 5.63. The van der Waals surface area contributed by atoms with Crippen LogP contribution in [0.4, 0.5) is 0 Å². The Labute approximate surface area is 143 Å². The number of aromatic nitrogens is 1. The molecule has 0 amide bonds. The van der Waals surface area contributed by atoms with Crippen molar-refractivity contribution in [2.75, 3.05) is 5.75 Å². The van der Waals surface area contributed by atoms with Crippen LogP contribution < -0.4 is 4.57 Å². The summed E-state index contributed by atoms with van der Waals surface area (Å²) in [5.74, 6) is 1.20. The van der Waals surface area contributed by atoms with Crippen LogP contribution in [0.5, 0.6) is 0 Å². The van der Waals surface area contributed by atoms with E-state index in [1.54, 1.807) is 0 Å². The van der Waals surface area contributed by atoms with Crippen molar-refractivity contribution in [2.45, 2.75) is 25.0 Å². The van der Waals surface area contributed by atoms with Crippen LogP contribution >= 0.6 is 11.8 Å². The topological polar surface area (TPSA) is 3.88 Å². The maximum absolute atomic E-state index is 2.30. The summed E-state index contributed by atoms with van der Waals surface area (Å²) >= 11 is 2.08. The molecule has 0 aliphatic carbocycles. The van der Waals surface area contributed by atoms with Gasteiger partial charge in [0, 0.05) is 17.4 Å². The summed E-state index contributed by atoms with van der Waals surface area (Å²) < 4.78 is 2.09. The summed E-state index contributed by atoms with van der Waals surface area (Å²) in [6.07, 6.45) is 6.58. The number of fused-ring (bicyclic) bond motifs is 1. The van der Waals surface area contributed by atoms with Crippen molar-refractivity contribution in [3.63, 3.8) is 0 Å². The molecule has 1 heterocycles. The first kappa shape index (κ1) is 16.1. The van der Waals surface area contributed by atoms with E-state index >= 15 is 0 Å². The Kier molecular flexibility index (Phi) is 5.35. The molecular formula is C21H24NS+. The van der Waals surface area contributed by atoms with Gasteiger partial charge in [-0.2, -0.15) is 11.8 Å². The third kappa shape index (κ3) is 3.94. The van der Waals surface area contributed by atoms with Crippen molar-refractivity contribution in [1.82, 2.24) is 0 Å². The Bertz CT molecular complexity index is 759. The molecule has 118 valence electrons. The van der Waals surface area contributed by atoms with Crippen molar-refractivity contribution in [3.05, 3.63) is 78.1 Å². The van der Waals surface area contributed by atoms with E-state index in [1.807, 2.05) is 0 Å². The van der Waals surface area contributed by atoms with Gasteiger partial charge >= 0.3 is 0 Å². The van der Waals surface area contributed by atoms with Crippen LogP contribution in [0.1, 0.15) is 29.7 Å². The van der Waals surface area contributed by atoms with E-state index in [4.69, 9.17) is 0 Å². The fraction of sp³-hybridized carbons (Fsp3) is 0.286. The highest BCUT2D eigenvalue weighted by molar-refractivity contribution is 7.99. The Balaban J connectivity index is 1.95. The molecule has 0 fully saturated rings. The number of benzene rings is 2. The van der Waals surface area contributed by atoms with Gasteiger partial charge in [0.05, 0.1) is 0 Å². The SMILES string of the molecule is CCCS[C@@H](Cc1cc[n+](C)cc1)c1cccc2ccccc12. The maximum Gasteiger partial charge on any atom is 0.168 e. The van der Waals surface area contributed by atoms with Crippen molar-refractivity contribution in [3.8, 4) is 0 Å². The van der Waals surface area contributed by atoms with Gasteiger partial charge in [-0.3, -0.25) is 0 Å². The molecule has 0 unspecified atom stereocenters. The van der Waals surface area contributed by atoms with Crippen molar-refractivity contribution in [1.29, 1.82) is 0 Å². The first-order valence-corrected chi connectivity index (χ1v) is 9.36. The third-order valence-electron chi connectivity index (χ3n) is 4.16. The molecule has 2 heteroatoms. The lowest BCUT2D eigenvalue weighted by atomic mass is 9.98. The molecule has 0 N–H and O–H groups in total. The molecule has 0 saturated heterocycles. The van der Waals surface area contributed by atoms with Crippen molar-refractivity contribution >= 4 is 22.5 Å². The van der Waals surface area contributed by atoms with Gasteiger partial charge in [0.2, 0.25) is 0 Å². The lowest BCUT2D eigenvalue weighted by molar-refractivity contribution is -0.671. The van der Waals surface area contributed by atoms with Crippen molar-refractivity contribution < 1.29 is 4.57 Å². The Morgan fingerprint density at radius 3 is 2.48 bits per heavy atom. The van der Waals surface area contributed by atoms with E-state index in [-0.39, 0.29) is 0 Å². The minimum atomic E-state index is 0.508. The number of hydrogen-bond donors (Lipinski definition) is 0. The standard InChI is InChI=1S/C21H24NS/c1-3-15-23-21(16-17-11-13-22(2)14-12-17)20-10-6-8-18-7-4-5-9-19(18)20/h4-14,21H,3,15-16H2,1-2H3/q+1/t21-/m0/s1. The van der Waals surface area contributed by atoms with Crippen molar-refractivity contribution in [2.24, 2.45) is 7.05 Å². The van der Waals surface area contributed by atoms with E-state index < -0.39 is 0 Å². The monoisotopic (exact) mass is 322 g/mol. The molecule has 1 nitrogen and oxygen atoms in total. The second kappa shape index (κ2) is 7.65. The Hall–Kier alpha value is -1.80. The van der Waals surface area contributed by atoms with E-state index in [2.05, 4.69) is 97.3 Å². The van der Waals surface area contributed by atoms with Gasteiger partial charge in [0.25, 0.3) is 0 Å². The Morgan fingerprint density at radius 1 is 0.957 bits per heavy atom. The zero-order chi connectivity index (χ0) is 16.1. The number of thioether (sulfide) groups is 1. The van der Waals surface area contributed by atoms with Gasteiger partial charge in [-0.1, -0.05) is 49.4 Å². The first-order chi connectivity index (χ1) is 11.3. The Morgan fingerprint density at radius 2 is 1.70 bits per heavy atom. The zero-order valence-corrected chi connectivity index (χ0v) is 14.7. The smallest absolute Gasteiger partial charge is 0.168 e. The number of nitrogens with zero attached hydrogens (tertiary/aromatic N) is 1. The molecule has 3 rings (SSSR count). The normalized spacial score (nSPS) is 12.4. The quantitative estimate of drug-likeness (QED) is 0.572. The number of pyridine rings is 1. The van der Waals surface area contributed by atoms with E-state index in [0.29, 0.717) is 5.25 Å². The summed E-state index contributed by atoms with van der Waals surface area (Å²) in [4.78, 5) is 0. The maximum atomic E-state index is 2.30. The molecule has 0 saturated carbocycles. The summed E-state index contributed by atoms with van der Waals surface area (Å²) in [6.45, 7) is 2.26. The van der Waals surface area contributed by atoms with Gasteiger partial charge in [-0.25, -0.2) is 4.57 Å². The summed E-state index contributed by atoms with van der Waals surface area (Å²) in [6, 6.07) is 19.9. The lowest BCUT2D eigenvalue weighted by Crippen LogP contribution is -2.26. The van der Waals surface area contributed by atoms with Gasteiger partial charge in [0.15, 0.2) is 12.4 Å². The highest BCUT2D eigenvalue weighted by Crippen LogP contribution is 2.36. The fourth-order valence-electron chi connectivity index (χ4n) is 2.93. The average Bonchev–Trinajstić information content (AvgIpc) is 2.60. The highest BCUT2D eigenvalue weighted by atomic mass is 32.2. The summed E-state index contributed by atoms with van der Waals surface area (Å²) in [7, 11) is 2.07. The second-order valence-electron chi connectivity index (χ2n) is 6.00. The van der Waals surface area contributed by atoms with E-state index in [1.165, 1.54) is 34.1 Å². The molecule has 2 aromatic carbocycles. The predicted molar refractivity (Wildman–Crippen MR) is 101 cm³/mol. The minimum Gasteiger partial charge on any atom is -0.208 e. The van der Waals surface area contributed by atoms with Gasteiger partial charge < -0.3 is 0 Å². The lowest BCUT2D eigenvalue weighted by Gasteiger charge is -2.19. The van der Waals surface area contributed by atoms with Crippen LogP contribution in [0.3, 0.4) is 0 Å². The molecule has 0 aliphatic heterocycles. The first-order valence-electron chi connectivity index (χ1n) is 8.31. The molecule has 23 heavy (non-hydrogen) atoms. The molecule has 1 aromatic heterocycles. The molecular weight excluding hydrogens is 298 g/mol. The fourth-order valence-corrected chi connectivity index (χ4v) is 4.15. The predicted octanol–water partition coefficient (Wildman–Crippen LogP) is 5.09. The summed E-state index contributed by atoms with van der Waals surface area (Å²) in [5, 5.41) is 3.24. The largest absolute Gasteiger partial charge is 0.208 e.